The molecule has 1 aromatic carbocycles. The van der Waals surface area contributed by atoms with Crippen molar-refractivity contribution in [3.63, 3.8) is 0 Å². The summed E-state index contributed by atoms with van der Waals surface area (Å²) in [5.41, 5.74) is 3.63. The number of benzene rings is 1. The first-order valence-corrected chi connectivity index (χ1v) is 7.31. The van der Waals surface area contributed by atoms with E-state index in [0.717, 1.165) is 5.92 Å². The summed E-state index contributed by atoms with van der Waals surface area (Å²) in [5, 5.41) is 0. The average Bonchev–Trinajstić information content (AvgIpc) is 2.37. The van der Waals surface area contributed by atoms with Crippen LogP contribution in [-0.2, 0) is 5.41 Å². The van der Waals surface area contributed by atoms with Gasteiger partial charge in [-0.3, -0.25) is 0 Å². The van der Waals surface area contributed by atoms with Crippen LogP contribution in [0.15, 0.2) is 24.3 Å². The van der Waals surface area contributed by atoms with Crippen molar-refractivity contribution in [2.45, 2.75) is 57.4 Å². The zero-order chi connectivity index (χ0) is 13.0. The lowest BCUT2D eigenvalue weighted by Gasteiger charge is -2.59. The molecule has 1 nitrogen and oxygen atoms in total. The van der Waals surface area contributed by atoms with Gasteiger partial charge < -0.3 is 4.90 Å². The van der Waals surface area contributed by atoms with Crippen molar-refractivity contribution in [3.05, 3.63) is 29.8 Å². The molecular weight excluding hydrogens is 218 g/mol. The van der Waals surface area contributed by atoms with Crippen molar-refractivity contribution in [1.29, 1.82) is 0 Å². The minimum atomic E-state index is 0.304. The molecule has 0 amide bonds. The minimum Gasteiger partial charge on any atom is -0.369 e. The average molecular weight is 243 g/mol. The van der Waals surface area contributed by atoms with Gasteiger partial charge in [-0.05, 0) is 42.7 Å². The summed E-state index contributed by atoms with van der Waals surface area (Å²) < 4.78 is 0. The van der Waals surface area contributed by atoms with Gasteiger partial charge in [0.25, 0.3) is 0 Å². The third-order valence-electron chi connectivity index (χ3n) is 5.77. The van der Waals surface area contributed by atoms with E-state index in [1.54, 1.807) is 0 Å². The summed E-state index contributed by atoms with van der Waals surface area (Å²) in [6.45, 7) is 7.38. The maximum Gasteiger partial charge on any atom is 0.0407 e. The molecule has 1 aliphatic heterocycles. The topological polar surface area (TPSA) is 3.24 Å². The van der Waals surface area contributed by atoms with Gasteiger partial charge in [0, 0.05) is 18.3 Å². The number of fused-ring (bicyclic) bond motifs is 2. The van der Waals surface area contributed by atoms with Gasteiger partial charge in [-0.2, -0.15) is 0 Å². The zero-order valence-electron chi connectivity index (χ0n) is 12.2. The fourth-order valence-electron chi connectivity index (χ4n) is 4.63. The van der Waals surface area contributed by atoms with E-state index in [4.69, 9.17) is 0 Å². The molecule has 0 bridgehead atoms. The molecule has 2 atom stereocenters. The van der Waals surface area contributed by atoms with Gasteiger partial charge in [-0.15, -0.1) is 0 Å². The van der Waals surface area contributed by atoms with Crippen molar-refractivity contribution in [2.75, 3.05) is 11.9 Å². The summed E-state index contributed by atoms with van der Waals surface area (Å²) in [6, 6.07) is 9.00. The van der Waals surface area contributed by atoms with Gasteiger partial charge in [0.15, 0.2) is 0 Å². The molecule has 1 heteroatoms. The highest BCUT2D eigenvalue weighted by Gasteiger charge is 2.52. The smallest absolute Gasteiger partial charge is 0.0407 e. The molecule has 0 aromatic heterocycles. The second-order valence-corrected chi connectivity index (χ2v) is 6.95. The highest BCUT2D eigenvalue weighted by Crippen LogP contribution is 2.55. The molecule has 1 heterocycles. The van der Waals surface area contributed by atoms with Gasteiger partial charge in [0.05, 0.1) is 0 Å². The summed E-state index contributed by atoms with van der Waals surface area (Å²) in [4.78, 5) is 2.57. The molecule has 98 valence electrons. The number of para-hydroxylation sites is 1. The Morgan fingerprint density at radius 2 is 1.83 bits per heavy atom. The van der Waals surface area contributed by atoms with Gasteiger partial charge in [0.2, 0.25) is 0 Å². The molecule has 1 saturated carbocycles. The second kappa shape index (κ2) is 3.76. The van der Waals surface area contributed by atoms with Crippen LogP contribution in [0.25, 0.3) is 0 Å². The van der Waals surface area contributed by atoms with Crippen LogP contribution in [0.3, 0.4) is 0 Å². The molecule has 1 aromatic rings. The quantitative estimate of drug-likeness (QED) is 0.654. The maximum absolute atomic E-state index is 2.57. The molecule has 0 spiro atoms. The second-order valence-electron chi connectivity index (χ2n) is 6.95. The maximum atomic E-state index is 2.57. The molecule has 1 aliphatic carbocycles. The van der Waals surface area contributed by atoms with Crippen molar-refractivity contribution in [3.8, 4) is 0 Å². The fraction of sp³-hybridized carbons (Fsp3) is 0.647. The highest BCUT2D eigenvalue weighted by atomic mass is 15.2. The molecule has 0 saturated heterocycles. The number of hydrogen-bond donors (Lipinski definition) is 0. The van der Waals surface area contributed by atoms with Crippen LogP contribution in [0.1, 0.15) is 52.0 Å². The van der Waals surface area contributed by atoms with Crippen molar-refractivity contribution in [2.24, 2.45) is 5.92 Å². The van der Waals surface area contributed by atoms with Crippen LogP contribution < -0.4 is 4.90 Å². The first-order valence-electron chi connectivity index (χ1n) is 7.31. The van der Waals surface area contributed by atoms with Crippen LogP contribution in [0, 0.1) is 5.92 Å². The minimum absolute atomic E-state index is 0.304. The van der Waals surface area contributed by atoms with Crippen LogP contribution in [0.4, 0.5) is 5.69 Å². The molecule has 0 N–H and O–H groups in total. The third-order valence-corrected chi connectivity index (χ3v) is 5.77. The first-order chi connectivity index (χ1) is 8.48. The van der Waals surface area contributed by atoms with Crippen LogP contribution >= 0.6 is 0 Å². The summed E-state index contributed by atoms with van der Waals surface area (Å²) in [7, 11) is 2.30. The van der Waals surface area contributed by atoms with Gasteiger partial charge >= 0.3 is 0 Å². The Hall–Kier alpha value is -0.980. The molecule has 1 fully saturated rings. The van der Waals surface area contributed by atoms with Crippen LogP contribution in [0.2, 0.25) is 0 Å². The predicted molar refractivity (Wildman–Crippen MR) is 78.2 cm³/mol. The van der Waals surface area contributed by atoms with Crippen molar-refractivity contribution < 1.29 is 0 Å². The van der Waals surface area contributed by atoms with Crippen molar-refractivity contribution >= 4 is 5.69 Å². The standard InChI is InChI=1S/C17H25N/c1-16(2)13-9-5-6-10-14(13)18(4)17(3)12-8-7-11-15(16)17/h5-6,9-10,15H,7-8,11-12H2,1-4H3. The SMILES string of the molecule is CN1c2ccccc2C(C)(C)C2CCCCC21C. The Kier molecular flexibility index (Phi) is 2.52. The number of anilines is 1. The summed E-state index contributed by atoms with van der Waals surface area (Å²) >= 11 is 0. The Bertz CT molecular complexity index is 462. The summed E-state index contributed by atoms with van der Waals surface area (Å²) in [6.07, 6.45) is 5.50. The predicted octanol–water partition coefficient (Wildman–Crippen LogP) is 4.36. The van der Waals surface area contributed by atoms with E-state index >= 15 is 0 Å². The monoisotopic (exact) mass is 243 g/mol. The molecule has 2 aliphatic rings. The number of hydrogen-bond acceptors (Lipinski definition) is 1. The van der Waals surface area contributed by atoms with Gasteiger partial charge in [-0.1, -0.05) is 44.9 Å². The van der Waals surface area contributed by atoms with E-state index in [1.807, 2.05) is 0 Å². The highest BCUT2D eigenvalue weighted by molar-refractivity contribution is 5.61. The summed E-state index contributed by atoms with van der Waals surface area (Å²) in [5.74, 6) is 0.777. The lowest BCUT2D eigenvalue weighted by molar-refractivity contribution is 0.113. The van der Waals surface area contributed by atoms with Gasteiger partial charge in [0.1, 0.15) is 0 Å². The lowest BCUT2D eigenvalue weighted by atomic mass is 9.56. The van der Waals surface area contributed by atoms with E-state index in [0.29, 0.717) is 11.0 Å². The fourth-order valence-corrected chi connectivity index (χ4v) is 4.63. The van der Waals surface area contributed by atoms with E-state index in [9.17, 15) is 0 Å². The van der Waals surface area contributed by atoms with Crippen LogP contribution in [0.5, 0.6) is 0 Å². The number of nitrogens with zero attached hydrogens (tertiary/aromatic N) is 1. The Morgan fingerprint density at radius 3 is 2.61 bits per heavy atom. The Labute approximate surface area is 111 Å². The molecule has 3 rings (SSSR count). The van der Waals surface area contributed by atoms with E-state index in [1.165, 1.54) is 36.9 Å². The van der Waals surface area contributed by atoms with Crippen molar-refractivity contribution in [1.82, 2.24) is 0 Å². The third kappa shape index (κ3) is 1.39. The molecule has 0 radical (unpaired) electrons. The number of rotatable bonds is 0. The van der Waals surface area contributed by atoms with Gasteiger partial charge in [-0.25, -0.2) is 0 Å². The largest absolute Gasteiger partial charge is 0.369 e. The Morgan fingerprint density at radius 1 is 1.11 bits per heavy atom. The lowest BCUT2D eigenvalue weighted by Crippen LogP contribution is -2.60. The first kappa shape index (κ1) is 12.1. The normalized spacial score (nSPS) is 33.8. The van der Waals surface area contributed by atoms with E-state index in [2.05, 4.69) is 57.0 Å². The molecular formula is C17H25N. The van der Waals surface area contributed by atoms with E-state index < -0.39 is 0 Å². The zero-order valence-corrected chi connectivity index (χ0v) is 12.2. The van der Waals surface area contributed by atoms with E-state index in [-0.39, 0.29) is 0 Å². The van der Waals surface area contributed by atoms with Crippen LogP contribution in [-0.4, -0.2) is 12.6 Å². The molecule has 2 unspecified atom stereocenters. The molecule has 18 heavy (non-hydrogen) atoms. The Balaban J connectivity index is 2.20.